The lowest BCUT2D eigenvalue weighted by molar-refractivity contribution is 0.455. The van der Waals surface area contributed by atoms with Gasteiger partial charge in [0.15, 0.2) is 5.75 Å². The van der Waals surface area contributed by atoms with Gasteiger partial charge in [-0.15, -0.1) is 0 Å². The molecule has 1 fully saturated rings. The molecule has 1 aliphatic carbocycles. The molecular weight excluding hydrogens is 369 g/mol. The number of hydrogen-bond donors (Lipinski definition) is 2. The fourth-order valence-electron chi connectivity index (χ4n) is 3.11. The van der Waals surface area contributed by atoms with Crippen molar-refractivity contribution in [3.63, 3.8) is 0 Å². The number of phenolic OH excluding ortho intramolecular Hbond substituents is 1. The van der Waals surface area contributed by atoms with Crippen molar-refractivity contribution >= 4 is 33.2 Å². The highest BCUT2D eigenvalue weighted by molar-refractivity contribution is 7.89. The molecule has 4 nitrogen and oxygen atoms in total. The number of rotatable bonds is 5. The van der Waals surface area contributed by atoms with Crippen molar-refractivity contribution in [3.05, 3.63) is 58.1 Å². The highest BCUT2D eigenvalue weighted by Crippen LogP contribution is 2.54. The third-order valence-electron chi connectivity index (χ3n) is 4.51. The van der Waals surface area contributed by atoms with E-state index < -0.39 is 21.3 Å². The lowest BCUT2D eigenvalue weighted by Crippen LogP contribution is -2.36. The van der Waals surface area contributed by atoms with Gasteiger partial charge in [-0.2, -0.15) is 0 Å². The standard InChI is InChI=1S/C17H17Cl2NO3S/c1-2-11-10-17(11,12-6-8-13(18)9-7-12)20-24(22,23)15-5-3-4-14(19)16(15)21/h3-9,11,20-21H,2,10H2,1H3. The zero-order valence-electron chi connectivity index (χ0n) is 13.0. The predicted octanol–water partition coefficient (Wildman–Crippen LogP) is 4.30. The largest absolute Gasteiger partial charge is 0.505 e. The SMILES string of the molecule is CCC1CC1(NS(=O)(=O)c1cccc(Cl)c1O)c1ccc(Cl)cc1. The van der Waals surface area contributed by atoms with Crippen molar-refractivity contribution in [1.82, 2.24) is 4.72 Å². The molecule has 2 aromatic carbocycles. The quantitative estimate of drug-likeness (QED) is 0.805. The van der Waals surface area contributed by atoms with E-state index in [1.165, 1.54) is 18.2 Å². The van der Waals surface area contributed by atoms with Gasteiger partial charge in [-0.05, 0) is 42.2 Å². The van der Waals surface area contributed by atoms with Gasteiger partial charge in [0.05, 0.1) is 10.6 Å². The van der Waals surface area contributed by atoms with Crippen molar-refractivity contribution in [2.24, 2.45) is 5.92 Å². The van der Waals surface area contributed by atoms with Gasteiger partial charge in [0, 0.05) is 5.02 Å². The van der Waals surface area contributed by atoms with Gasteiger partial charge >= 0.3 is 0 Å². The maximum Gasteiger partial charge on any atom is 0.245 e. The number of benzene rings is 2. The number of sulfonamides is 1. The van der Waals surface area contributed by atoms with Crippen LogP contribution in [0.1, 0.15) is 25.3 Å². The van der Waals surface area contributed by atoms with Crippen molar-refractivity contribution in [1.29, 1.82) is 0 Å². The molecule has 7 heteroatoms. The Morgan fingerprint density at radius 1 is 1.21 bits per heavy atom. The zero-order valence-corrected chi connectivity index (χ0v) is 15.3. The van der Waals surface area contributed by atoms with Crippen LogP contribution in [0.2, 0.25) is 10.0 Å². The second-order valence-electron chi connectivity index (χ2n) is 5.98. The molecule has 1 saturated carbocycles. The molecule has 0 saturated heterocycles. The second kappa shape index (κ2) is 6.23. The average Bonchev–Trinajstić information content (AvgIpc) is 3.24. The van der Waals surface area contributed by atoms with Crippen LogP contribution in [0, 0.1) is 5.92 Å². The van der Waals surface area contributed by atoms with E-state index in [0.29, 0.717) is 11.4 Å². The minimum atomic E-state index is -3.93. The molecule has 3 rings (SSSR count). The van der Waals surface area contributed by atoms with E-state index >= 15 is 0 Å². The molecule has 128 valence electrons. The van der Waals surface area contributed by atoms with Crippen LogP contribution in [-0.2, 0) is 15.6 Å². The first kappa shape index (κ1) is 17.5. The molecule has 0 amide bonds. The molecule has 2 aromatic rings. The van der Waals surface area contributed by atoms with E-state index in [2.05, 4.69) is 4.72 Å². The summed E-state index contributed by atoms with van der Waals surface area (Å²) >= 11 is 11.8. The normalized spacial score (nSPS) is 23.2. The monoisotopic (exact) mass is 385 g/mol. The first-order valence-corrected chi connectivity index (χ1v) is 9.81. The second-order valence-corrected chi connectivity index (χ2v) is 8.47. The molecular formula is C17H17Cl2NO3S. The third-order valence-corrected chi connectivity index (χ3v) is 6.61. The van der Waals surface area contributed by atoms with Gasteiger partial charge in [0.2, 0.25) is 10.0 Å². The summed E-state index contributed by atoms with van der Waals surface area (Å²) in [6.45, 7) is 2.02. The Hall–Kier alpha value is -1.27. The van der Waals surface area contributed by atoms with E-state index in [0.717, 1.165) is 12.0 Å². The molecule has 0 heterocycles. The summed E-state index contributed by atoms with van der Waals surface area (Å²) < 4.78 is 28.4. The van der Waals surface area contributed by atoms with Crippen LogP contribution >= 0.6 is 23.2 Å². The molecule has 2 N–H and O–H groups in total. The van der Waals surface area contributed by atoms with Crippen molar-refractivity contribution in [3.8, 4) is 5.75 Å². The molecule has 24 heavy (non-hydrogen) atoms. The van der Waals surface area contributed by atoms with E-state index in [-0.39, 0.29) is 15.8 Å². The van der Waals surface area contributed by atoms with Crippen LogP contribution < -0.4 is 4.72 Å². The average molecular weight is 386 g/mol. The Morgan fingerprint density at radius 3 is 2.46 bits per heavy atom. The van der Waals surface area contributed by atoms with E-state index in [1.54, 1.807) is 12.1 Å². The summed E-state index contributed by atoms with van der Waals surface area (Å²) in [7, 11) is -3.93. The number of aromatic hydroxyl groups is 1. The number of para-hydroxylation sites is 1. The highest BCUT2D eigenvalue weighted by atomic mass is 35.5. The Labute approximate surface area is 151 Å². The number of halogens is 2. The molecule has 1 aliphatic rings. The summed E-state index contributed by atoms with van der Waals surface area (Å²) in [6.07, 6.45) is 1.54. The number of phenols is 1. The van der Waals surface area contributed by atoms with Crippen LogP contribution in [0.15, 0.2) is 47.4 Å². The predicted molar refractivity (Wildman–Crippen MR) is 95.0 cm³/mol. The Morgan fingerprint density at radius 2 is 1.88 bits per heavy atom. The maximum atomic E-state index is 12.8. The van der Waals surface area contributed by atoms with Crippen molar-refractivity contribution < 1.29 is 13.5 Å². The zero-order chi connectivity index (χ0) is 17.5. The summed E-state index contributed by atoms with van der Waals surface area (Å²) in [5.41, 5.74) is 0.191. The summed E-state index contributed by atoms with van der Waals surface area (Å²) in [6, 6.07) is 11.4. The first-order chi connectivity index (χ1) is 11.3. The number of hydrogen-bond acceptors (Lipinski definition) is 3. The van der Waals surface area contributed by atoms with Gasteiger partial charge in [0.1, 0.15) is 4.90 Å². The fourth-order valence-corrected chi connectivity index (χ4v) is 5.05. The Bertz CT molecular complexity index is 868. The van der Waals surface area contributed by atoms with Gasteiger partial charge in [-0.1, -0.05) is 54.7 Å². The number of nitrogens with one attached hydrogen (secondary N) is 1. The minimum Gasteiger partial charge on any atom is -0.505 e. The van der Waals surface area contributed by atoms with Crippen LogP contribution in [0.4, 0.5) is 0 Å². The van der Waals surface area contributed by atoms with Crippen molar-refractivity contribution in [2.45, 2.75) is 30.2 Å². The lowest BCUT2D eigenvalue weighted by atomic mass is 10.0. The van der Waals surface area contributed by atoms with Crippen molar-refractivity contribution in [2.75, 3.05) is 0 Å². The molecule has 0 bridgehead atoms. The maximum absolute atomic E-state index is 12.8. The van der Waals surface area contributed by atoms with Gasteiger partial charge in [-0.3, -0.25) is 0 Å². The molecule has 0 aromatic heterocycles. The minimum absolute atomic E-state index is 0.00116. The van der Waals surface area contributed by atoms with Crippen LogP contribution in [0.25, 0.3) is 0 Å². The highest BCUT2D eigenvalue weighted by Gasteiger charge is 2.56. The van der Waals surface area contributed by atoms with Gasteiger partial charge in [0.25, 0.3) is 0 Å². The topological polar surface area (TPSA) is 66.4 Å². The van der Waals surface area contributed by atoms with Crippen LogP contribution in [0.3, 0.4) is 0 Å². The summed E-state index contributed by atoms with van der Waals surface area (Å²) in [5, 5.41) is 10.6. The Kier molecular flexibility index (Phi) is 4.55. The summed E-state index contributed by atoms with van der Waals surface area (Å²) in [5.74, 6) is -0.249. The van der Waals surface area contributed by atoms with E-state index in [9.17, 15) is 13.5 Å². The van der Waals surface area contributed by atoms with E-state index in [1.807, 2.05) is 19.1 Å². The van der Waals surface area contributed by atoms with Crippen LogP contribution in [-0.4, -0.2) is 13.5 Å². The van der Waals surface area contributed by atoms with E-state index in [4.69, 9.17) is 23.2 Å². The molecule has 2 atom stereocenters. The first-order valence-electron chi connectivity index (χ1n) is 7.57. The third kappa shape index (κ3) is 3.02. The van der Waals surface area contributed by atoms with Crippen LogP contribution in [0.5, 0.6) is 5.75 Å². The molecule has 0 aliphatic heterocycles. The molecule has 0 spiro atoms. The van der Waals surface area contributed by atoms with Gasteiger partial charge < -0.3 is 5.11 Å². The smallest absolute Gasteiger partial charge is 0.245 e. The Balaban J connectivity index is 2.00. The lowest BCUT2D eigenvalue weighted by Gasteiger charge is -2.21. The molecule has 2 unspecified atom stereocenters. The summed E-state index contributed by atoms with van der Waals surface area (Å²) in [4.78, 5) is -0.218. The van der Waals surface area contributed by atoms with Gasteiger partial charge in [-0.25, -0.2) is 13.1 Å². The molecule has 0 radical (unpaired) electrons. The fraction of sp³-hybridized carbons (Fsp3) is 0.294.